The molecule has 0 bridgehead atoms. The Bertz CT molecular complexity index is 794. The number of oxazole rings is 1. The molecule has 21 heavy (non-hydrogen) atoms. The highest BCUT2D eigenvalue weighted by Gasteiger charge is 2.22. The molecule has 3 aromatic heterocycles. The highest BCUT2D eigenvalue weighted by atomic mass is 16.4. The van der Waals surface area contributed by atoms with E-state index in [-0.39, 0.29) is 5.54 Å². The Hall–Kier alpha value is -2.37. The van der Waals surface area contributed by atoms with E-state index in [9.17, 15) is 0 Å². The topological polar surface area (TPSA) is 68.2 Å². The van der Waals surface area contributed by atoms with Gasteiger partial charge in [0.15, 0.2) is 11.5 Å². The molecule has 0 amide bonds. The predicted molar refractivity (Wildman–Crippen MR) is 81.3 cm³/mol. The lowest BCUT2D eigenvalue weighted by atomic mass is 10.1. The first-order valence-corrected chi connectivity index (χ1v) is 6.90. The molecule has 3 aromatic rings. The summed E-state index contributed by atoms with van der Waals surface area (Å²) in [6.07, 6.45) is 5.37. The van der Waals surface area contributed by atoms with E-state index in [1.54, 1.807) is 12.4 Å². The van der Waals surface area contributed by atoms with Crippen LogP contribution in [0.2, 0.25) is 0 Å². The lowest BCUT2D eigenvalue weighted by Crippen LogP contribution is -2.27. The number of anilines is 1. The second-order valence-electron chi connectivity index (χ2n) is 6.13. The maximum Gasteiger partial charge on any atom is 0.191 e. The third kappa shape index (κ3) is 2.49. The molecule has 0 aliphatic carbocycles. The number of fused-ring (bicyclic) bond motifs is 1. The molecule has 110 valence electrons. The average molecular weight is 285 g/mol. The number of hydrogen-bond donors (Lipinski definition) is 1. The van der Waals surface area contributed by atoms with Crippen LogP contribution in [0, 0.1) is 13.8 Å². The highest BCUT2D eigenvalue weighted by Crippen LogP contribution is 2.32. The summed E-state index contributed by atoms with van der Waals surface area (Å²) in [5.41, 5.74) is 2.23. The van der Waals surface area contributed by atoms with Crippen molar-refractivity contribution in [2.24, 2.45) is 0 Å². The molecule has 0 aromatic carbocycles. The Morgan fingerprint density at radius 2 is 1.90 bits per heavy atom. The summed E-state index contributed by atoms with van der Waals surface area (Å²) in [4.78, 5) is 13.3. The SMILES string of the molecule is Cc1nc(-c2nc3cnccn3c2NC(C)(C)C)c(C)o1. The van der Waals surface area contributed by atoms with Gasteiger partial charge in [-0.1, -0.05) is 0 Å². The fourth-order valence-corrected chi connectivity index (χ4v) is 2.30. The zero-order valence-electron chi connectivity index (χ0n) is 12.9. The molecule has 3 rings (SSSR count). The van der Waals surface area contributed by atoms with Crippen LogP contribution in [0.25, 0.3) is 17.0 Å². The van der Waals surface area contributed by atoms with Crippen LogP contribution in [-0.4, -0.2) is 24.9 Å². The van der Waals surface area contributed by atoms with Crippen LogP contribution in [0.1, 0.15) is 32.4 Å². The van der Waals surface area contributed by atoms with Crippen LogP contribution < -0.4 is 5.32 Å². The Morgan fingerprint density at radius 3 is 2.52 bits per heavy atom. The molecule has 0 fully saturated rings. The molecule has 0 aliphatic rings. The van der Waals surface area contributed by atoms with Gasteiger partial charge in [0.25, 0.3) is 0 Å². The predicted octanol–water partition coefficient (Wildman–Crippen LogP) is 3.21. The summed E-state index contributed by atoms with van der Waals surface area (Å²) >= 11 is 0. The van der Waals surface area contributed by atoms with Gasteiger partial charge >= 0.3 is 0 Å². The standard InChI is InChI=1S/C15H19N5O/c1-9-12(17-10(2)21-9)13-14(19-15(3,4)5)20-7-6-16-8-11(20)18-13/h6-8,19H,1-5H3. The second kappa shape index (κ2) is 4.58. The molecule has 3 heterocycles. The van der Waals surface area contributed by atoms with E-state index in [0.29, 0.717) is 5.89 Å². The number of nitrogens with zero attached hydrogens (tertiary/aromatic N) is 4. The highest BCUT2D eigenvalue weighted by molar-refractivity contribution is 5.75. The van der Waals surface area contributed by atoms with Crippen LogP contribution in [0.5, 0.6) is 0 Å². The Kier molecular flexibility index (Phi) is 2.97. The van der Waals surface area contributed by atoms with Crippen molar-refractivity contribution in [2.45, 2.75) is 40.2 Å². The summed E-state index contributed by atoms with van der Waals surface area (Å²) in [5, 5.41) is 3.50. The number of nitrogens with one attached hydrogen (secondary N) is 1. The monoisotopic (exact) mass is 285 g/mol. The van der Waals surface area contributed by atoms with Crippen LogP contribution in [0.15, 0.2) is 23.0 Å². The fraction of sp³-hybridized carbons (Fsp3) is 0.400. The molecule has 0 spiro atoms. The van der Waals surface area contributed by atoms with Crippen molar-refractivity contribution in [3.05, 3.63) is 30.2 Å². The normalized spacial score (nSPS) is 12.0. The maximum absolute atomic E-state index is 5.55. The number of rotatable bonds is 2. The van der Waals surface area contributed by atoms with E-state index < -0.39 is 0 Å². The molecule has 0 aliphatic heterocycles. The van der Waals surface area contributed by atoms with Gasteiger partial charge in [-0.3, -0.25) is 9.38 Å². The molecular weight excluding hydrogens is 266 g/mol. The van der Waals surface area contributed by atoms with Crippen LogP contribution >= 0.6 is 0 Å². The molecule has 0 atom stereocenters. The van der Waals surface area contributed by atoms with Crippen molar-refractivity contribution in [1.82, 2.24) is 19.4 Å². The van der Waals surface area contributed by atoms with Crippen LogP contribution in [-0.2, 0) is 0 Å². The maximum atomic E-state index is 5.55. The first kappa shape index (κ1) is 13.6. The van der Waals surface area contributed by atoms with Crippen molar-refractivity contribution in [2.75, 3.05) is 5.32 Å². The van der Waals surface area contributed by atoms with E-state index >= 15 is 0 Å². The molecule has 0 saturated carbocycles. The summed E-state index contributed by atoms with van der Waals surface area (Å²) in [5.74, 6) is 2.30. The van der Waals surface area contributed by atoms with Crippen LogP contribution in [0.4, 0.5) is 5.82 Å². The van der Waals surface area contributed by atoms with Gasteiger partial charge in [0.05, 0.1) is 6.20 Å². The average Bonchev–Trinajstić information content (AvgIpc) is 2.89. The summed E-state index contributed by atoms with van der Waals surface area (Å²) in [6.45, 7) is 10.1. The largest absolute Gasteiger partial charge is 0.446 e. The van der Waals surface area contributed by atoms with E-state index in [1.165, 1.54) is 0 Å². The first-order chi connectivity index (χ1) is 9.85. The van der Waals surface area contributed by atoms with Gasteiger partial charge in [-0.15, -0.1) is 0 Å². The van der Waals surface area contributed by atoms with E-state index in [1.807, 2.05) is 24.4 Å². The van der Waals surface area contributed by atoms with Gasteiger partial charge in [-0.2, -0.15) is 0 Å². The lowest BCUT2D eigenvalue weighted by Gasteiger charge is -2.22. The van der Waals surface area contributed by atoms with Gasteiger partial charge in [0.2, 0.25) is 0 Å². The van der Waals surface area contributed by atoms with E-state index in [4.69, 9.17) is 4.42 Å². The van der Waals surface area contributed by atoms with Gasteiger partial charge < -0.3 is 9.73 Å². The van der Waals surface area contributed by atoms with Crippen molar-refractivity contribution in [3.8, 4) is 11.4 Å². The van der Waals surface area contributed by atoms with E-state index in [0.717, 1.165) is 28.6 Å². The van der Waals surface area contributed by atoms with Crippen molar-refractivity contribution >= 4 is 11.5 Å². The molecular formula is C15H19N5O. The third-order valence-electron chi connectivity index (χ3n) is 3.05. The number of aromatic nitrogens is 4. The minimum atomic E-state index is -0.0966. The fourth-order valence-electron chi connectivity index (χ4n) is 2.30. The molecule has 0 saturated heterocycles. The minimum Gasteiger partial charge on any atom is -0.446 e. The van der Waals surface area contributed by atoms with Gasteiger partial charge in [0.1, 0.15) is 23.0 Å². The zero-order valence-corrected chi connectivity index (χ0v) is 12.9. The molecule has 0 radical (unpaired) electrons. The Morgan fingerprint density at radius 1 is 1.14 bits per heavy atom. The van der Waals surface area contributed by atoms with Crippen molar-refractivity contribution in [1.29, 1.82) is 0 Å². The van der Waals surface area contributed by atoms with Gasteiger partial charge in [0, 0.05) is 24.9 Å². The summed E-state index contributed by atoms with van der Waals surface area (Å²) < 4.78 is 7.53. The van der Waals surface area contributed by atoms with Gasteiger partial charge in [-0.25, -0.2) is 9.97 Å². The third-order valence-corrected chi connectivity index (χ3v) is 3.05. The van der Waals surface area contributed by atoms with Crippen molar-refractivity contribution in [3.63, 3.8) is 0 Å². The minimum absolute atomic E-state index is 0.0966. The zero-order chi connectivity index (χ0) is 15.2. The number of imidazole rings is 1. The number of aryl methyl sites for hydroxylation is 2. The Labute approximate surface area is 123 Å². The molecule has 0 unspecified atom stereocenters. The lowest BCUT2D eigenvalue weighted by molar-refractivity contribution is 0.494. The molecule has 6 nitrogen and oxygen atoms in total. The van der Waals surface area contributed by atoms with E-state index in [2.05, 4.69) is 41.0 Å². The van der Waals surface area contributed by atoms with Crippen LogP contribution in [0.3, 0.4) is 0 Å². The first-order valence-electron chi connectivity index (χ1n) is 6.90. The summed E-state index contributed by atoms with van der Waals surface area (Å²) in [6, 6.07) is 0. The van der Waals surface area contributed by atoms with Crippen molar-refractivity contribution < 1.29 is 4.42 Å². The van der Waals surface area contributed by atoms with Gasteiger partial charge in [-0.05, 0) is 27.7 Å². The second-order valence-corrected chi connectivity index (χ2v) is 6.13. The Balaban J connectivity index is 2.26. The quantitative estimate of drug-likeness (QED) is 0.783. The number of hydrogen-bond acceptors (Lipinski definition) is 5. The molecule has 6 heteroatoms. The molecule has 1 N–H and O–H groups in total. The smallest absolute Gasteiger partial charge is 0.191 e. The summed E-state index contributed by atoms with van der Waals surface area (Å²) in [7, 11) is 0.